The Bertz CT molecular complexity index is 390. The van der Waals surface area contributed by atoms with Crippen molar-refractivity contribution in [3.05, 3.63) is 0 Å². The van der Waals surface area contributed by atoms with Gasteiger partial charge in [-0.15, -0.1) is 0 Å². The number of urea groups is 1. The molecule has 120 valence electrons. The molecule has 0 spiro atoms. The van der Waals surface area contributed by atoms with E-state index in [0.717, 1.165) is 0 Å². The van der Waals surface area contributed by atoms with Crippen molar-refractivity contribution in [2.75, 3.05) is 40.8 Å². The van der Waals surface area contributed by atoms with Gasteiger partial charge in [-0.3, -0.25) is 9.59 Å². The number of carboxylic acid groups (broad SMARTS) is 1. The standard InChI is InChI=1S/C14H25N3O4/c1-15(2)14(21)17-9-6-11(7-10-17)13(20)16(3)8-4-5-12(18)19/h11H,4-10H2,1-3H3,(H,18,19). The van der Waals surface area contributed by atoms with E-state index < -0.39 is 5.97 Å². The van der Waals surface area contributed by atoms with Crippen LogP contribution in [0.2, 0.25) is 0 Å². The third-order valence-electron chi connectivity index (χ3n) is 3.76. The van der Waals surface area contributed by atoms with Crippen molar-refractivity contribution >= 4 is 17.9 Å². The van der Waals surface area contributed by atoms with E-state index in [0.29, 0.717) is 38.9 Å². The third-order valence-corrected chi connectivity index (χ3v) is 3.76. The minimum atomic E-state index is -0.841. The average Bonchev–Trinajstić information content (AvgIpc) is 2.45. The molecule has 21 heavy (non-hydrogen) atoms. The quantitative estimate of drug-likeness (QED) is 0.810. The van der Waals surface area contributed by atoms with Crippen LogP contribution in [0.15, 0.2) is 0 Å². The number of nitrogens with zero attached hydrogens (tertiary/aromatic N) is 3. The molecule has 1 aliphatic heterocycles. The molecule has 0 aliphatic carbocycles. The van der Waals surface area contributed by atoms with Crippen LogP contribution < -0.4 is 0 Å². The first-order chi connectivity index (χ1) is 9.82. The van der Waals surface area contributed by atoms with Crippen molar-refractivity contribution in [1.29, 1.82) is 0 Å². The lowest BCUT2D eigenvalue weighted by Crippen LogP contribution is -2.46. The van der Waals surface area contributed by atoms with Crippen molar-refractivity contribution in [1.82, 2.24) is 14.7 Å². The number of aliphatic carboxylic acids is 1. The average molecular weight is 299 g/mol. The second-order valence-corrected chi connectivity index (χ2v) is 5.70. The molecule has 1 N–H and O–H groups in total. The lowest BCUT2D eigenvalue weighted by atomic mass is 9.95. The number of hydrogen-bond donors (Lipinski definition) is 1. The molecule has 0 saturated carbocycles. The van der Waals surface area contributed by atoms with E-state index in [9.17, 15) is 14.4 Å². The van der Waals surface area contributed by atoms with Crippen LogP contribution in [0, 0.1) is 5.92 Å². The lowest BCUT2D eigenvalue weighted by Gasteiger charge is -2.34. The van der Waals surface area contributed by atoms with Crippen LogP contribution in [0.25, 0.3) is 0 Å². The number of likely N-dealkylation sites (tertiary alicyclic amines) is 1. The van der Waals surface area contributed by atoms with Crippen LogP contribution in [-0.2, 0) is 9.59 Å². The SMILES string of the molecule is CN(C)C(=O)N1CCC(C(=O)N(C)CCCC(=O)O)CC1. The molecule has 1 saturated heterocycles. The Balaban J connectivity index is 2.37. The van der Waals surface area contributed by atoms with Gasteiger partial charge in [0.15, 0.2) is 0 Å². The van der Waals surface area contributed by atoms with Gasteiger partial charge in [0.05, 0.1) is 0 Å². The highest BCUT2D eigenvalue weighted by Crippen LogP contribution is 2.20. The smallest absolute Gasteiger partial charge is 0.319 e. The monoisotopic (exact) mass is 299 g/mol. The van der Waals surface area contributed by atoms with E-state index in [1.165, 1.54) is 0 Å². The van der Waals surface area contributed by atoms with Crippen LogP contribution >= 0.6 is 0 Å². The Kier molecular flexibility index (Phi) is 6.45. The second-order valence-electron chi connectivity index (χ2n) is 5.70. The predicted octanol–water partition coefficient (Wildman–Crippen LogP) is 0.703. The highest BCUT2D eigenvalue weighted by Gasteiger charge is 2.29. The van der Waals surface area contributed by atoms with Crippen LogP contribution in [0.5, 0.6) is 0 Å². The number of amides is 3. The molecule has 7 heteroatoms. The summed E-state index contributed by atoms with van der Waals surface area (Å²) in [6, 6.07) is -0.0179. The molecule has 0 radical (unpaired) electrons. The maximum atomic E-state index is 12.2. The van der Waals surface area contributed by atoms with E-state index in [1.807, 2.05) is 0 Å². The zero-order valence-corrected chi connectivity index (χ0v) is 13.0. The Labute approximate surface area is 125 Å². The Morgan fingerprint density at radius 2 is 1.71 bits per heavy atom. The number of rotatable bonds is 5. The highest BCUT2D eigenvalue weighted by molar-refractivity contribution is 5.79. The summed E-state index contributed by atoms with van der Waals surface area (Å²) < 4.78 is 0. The van der Waals surface area contributed by atoms with Gasteiger partial charge in [-0.1, -0.05) is 0 Å². The van der Waals surface area contributed by atoms with Crippen molar-refractivity contribution in [2.45, 2.75) is 25.7 Å². The van der Waals surface area contributed by atoms with Gasteiger partial charge in [-0.2, -0.15) is 0 Å². The molecule has 0 atom stereocenters. The molecule has 0 aromatic carbocycles. The number of hydrogen-bond acceptors (Lipinski definition) is 3. The largest absolute Gasteiger partial charge is 0.481 e. The number of carbonyl (C=O) groups is 3. The Hall–Kier alpha value is -1.79. The van der Waals surface area contributed by atoms with Gasteiger partial charge in [0.2, 0.25) is 5.91 Å². The number of carboxylic acids is 1. The predicted molar refractivity (Wildman–Crippen MR) is 77.9 cm³/mol. The first-order valence-electron chi connectivity index (χ1n) is 7.26. The molecule has 0 bridgehead atoms. The molecule has 1 rings (SSSR count). The molecule has 1 aliphatic rings. The Morgan fingerprint density at radius 3 is 2.19 bits per heavy atom. The van der Waals surface area contributed by atoms with E-state index >= 15 is 0 Å². The summed E-state index contributed by atoms with van der Waals surface area (Å²) in [6.07, 6.45) is 1.88. The summed E-state index contributed by atoms with van der Waals surface area (Å²) in [7, 11) is 5.15. The zero-order chi connectivity index (χ0) is 16.0. The molecular formula is C14H25N3O4. The molecule has 1 fully saturated rings. The second kappa shape index (κ2) is 7.85. The van der Waals surface area contributed by atoms with Gasteiger partial charge < -0.3 is 19.8 Å². The van der Waals surface area contributed by atoms with Crippen molar-refractivity contribution < 1.29 is 19.5 Å². The Morgan fingerprint density at radius 1 is 1.14 bits per heavy atom. The summed E-state index contributed by atoms with van der Waals surface area (Å²) >= 11 is 0. The maximum absolute atomic E-state index is 12.2. The lowest BCUT2D eigenvalue weighted by molar-refractivity contribution is -0.139. The van der Waals surface area contributed by atoms with Gasteiger partial charge >= 0.3 is 12.0 Å². The highest BCUT2D eigenvalue weighted by atomic mass is 16.4. The summed E-state index contributed by atoms with van der Waals surface area (Å²) in [5.41, 5.74) is 0. The fraction of sp³-hybridized carbons (Fsp3) is 0.786. The van der Waals surface area contributed by atoms with Crippen molar-refractivity contribution in [3.8, 4) is 0 Å². The minimum absolute atomic E-state index is 0.0179. The summed E-state index contributed by atoms with van der Waals surface area (Å²) in [5.74, 6) is -0.852. The summed E-state index contributed by atoms with van der Waals surface area (Å²) in [4.78, 5) is 39.4. The number of piperidine rings is 1. The zero-order valence-electron chi connectivity index (χ0n) is 13.0. The van der Waals surface area contributed by atoms with Crippen LogP contribution in [-0.4, -0.2) is 78.5 Å². The summed E-state index contributed by atoms with van der Waals surface area (Å²) in [6.45, 7) is 1.65. The van der Waals surface area contributed by atoms with Gasteiger partial charge in [-0.05, 0) is 19.3 Å². The van der Waals surface area contributed by atoms with Gasteiger partial charge in [-0.25, -0.2) is 4.79 Å². The first-order valence-corrected chi connectivity index (χ1v) is 7.26. The summed E-state index contributed by atoms with van der Waals surface area (Å²) in [5, 5.41) is 8.59. The molecule has 0 aromatic rings. The van der Waals surface area contributed by atoms with E-state index in [-0.39, 0.29) is 24.3 Å². The van der Waals surface area contributed by atoms with Gasteiger partial charge in [0.1, 0.15) is 0 Å². The molecule has 0 unspecified atom stereocenters. The van der Waals surface area contributed by atoms with E-state index in [4.69, 9.17) is 5.11 Å². The van der Waals surface area contributed by atoms with Crippen LogP contribution in [0.3, 0.4) is 0 Å². The topological polar surface area (TPSA) is 81.2 Å². The van der Waals surface area contributed by atoms with Crippen LogP contribution in [0.1, 0.15) is 25.7 Å². The van der Waals surface area contributed by atoms with E-state index in [1.54, 1.807) is 35.8 Å². The van der Waals surface area contributed by atoms with E-state index in [2.05, 4.69) is 0 Å². The molecule has 7 nitrogen and oxygen atoms in total. The molecule has 1 heterocycles. The van der Waals surface area contributed by atoms with Crippen molar-refractivity contribution in [2.24, 2.45) is 5.92 Å². The molecule has 0 aromatic heterocycles. The van der Waals surface area contributed by atoms with Crippen LogP contribution in [0.4, 0.5) is 4.79 Å². The first kappa shape index (κ1) is 17.3. The van der Waals surface area contributed by atoms with Gasteiger partial charge in [0, 0.05) is 53.1 Å². The fourth-order valence-corrected chi connectivity index (χ4v) is 2.49. The normalized spacial score (nSPS) is 15.7. The number of carbonyl (C=O) groups excluding carboxylic acids is 2. The fourth-order valence-electron chi connectivity index (χ4n) is 2.49. The third kappa shape index (κ3) is 5.24. The maximum Gasteiger partial charge on any atom is 0.319 e. The minimum Gasteiger partial charge on any atom is -0.481 e. The molecule has 3 amide bonds. The van der Waals surface area contributed by atoms with Gasteiger partial charge in [0.25, 0.3) is 0 Å². The van der Waals surface area contributed by atoms with Crippen molar-refractivity contribution in [3.63, 3.8) is 0 Å². The molecular weight excluding hydrogens is 274 g/mol.